The molecule has 7 aromatic rings. The van der Waals surface area contributed by atoms with Crippen LogP contribution in [0.2, 0.25) is 0 Å². The van der Waals surface area contributed by atoms with Crippen LogP contribution in [0.3, 0.4) is 0 Å². The van der Waals surface area contributed by atoms with Gasteiger partial charge in [0, 0.05) is 50.0 Å². The highest BCUT2D eigenvalue weighted by Gasteiger charge is 2.35. The minimum Gasteiger partial charge on any atom is -0.457 e. The predicted octanol–water partition coefficient (Wildman–Crippen LogP) is 9.82. The van der Waals surface area contributed by atoms with Crippen molar-refractivity contribution in [2.75, 3.05) is 0 Å². The summed E-state index contributed by atoms with van der Waals surface area (Å²) in [6.07, 6.45) is 3.66. The van der Waals surface area contributed by atoms with Crippen molar-refractivity contribution in [2.45, 2.75) is 29.1 Å². The van der Waals surface area contributed by atoms with Crippen LogP contribution in [0.15, 0.2) is 137 Å². The van der Waals surface area contributed by atoms with Crippen molar-refractivity contribution in [1.29, 1.82) is 0 Å². The van der Waals surface area contributed by atoms with Crippen LogP contribution >= 0.6 is 11.8 Å². The van der Waals surface area contributed by atoms with Gasteiger partial charge in [-0.15, -0.1) is 0 Å². The molecule has 4 heterocycles. The van der Waals surface area contributed by atoms with E-state index in [1.54, 1.807) is 0 Å². The summed E-state index contributed by atoms with van der Waals surface area (Å²) in [5.41, 5.74) is 6.76. The average Bonchev–Trinajstić information content (AvgIpc) is 3.36. The van der Waals surface area contributed by atoms with Gasteiger partial charge in [0.05, 0.1) is 16.7 Å². The number of fused-ring (bicyclic) bond motifs is 6. The average molecular weight is 562 g/mol. The Bertz CT molecular complexity index is 2120. The van der Waals surface area contributed by atoms with Crippen molar-refractivity contribution in [3.8, 4) is 28.6 Å². The fourth-order valence-corrected chi connectivity index (χ4v) is 7.72. The molecule has 42 heavy (non-hydrogen) atoms. The van der Waals surface area contributed by atoms with E-state index in [1.165, 1.54) is 31.7 Å². The van der Waals surface area contributed by atoms with Gasteiger partial charge >= 0.3 is 0 Å². The van der Waals surface area contributed by atoms with Gasteiger partial charge in [0.2, 0.25) is 0 Å². The van der Waals surface area contributed by atoms with Crippen LogP contribution in [-0.4, -0.2) is 14.5 Å². The first-order chi connectivity index (χ1) is 20.6. The number of benzene rings is 4. The molecule has 0 N–H and O–H groups in total. The second-order valence-electron chi connectivity index (χ2n) is 11.1. The van der Waals surface area contributed by atoms with Gasteiger partial charge in [-0.25, -0.2) is 4.98 Å². The molecule has 8 rings (SSSR count). The SMILES string of the molecule is CC1(C)c2ccccc2Sc2c1ccc1c2c2ccc(Oc3cccc(-c4ccccn4)c3)cc2n1-c1ccccn1. The molecular formula is C37H27N3OS. The number of rotatable bonds is 4. The molecule has 0 amide bonds. The lowest BCUT2D eigenvalue weighted by molar-refractivity contribution is 0.483. The van der Waals surface area contributed by atoms with Gasteiger partial charge < -0.3 is 4.74 Å². The number of pyridine rings is 2. The van der Waals surface area contributed by atoms with Gasteiger partial charge in [0.1, 0.15) is 17.3 Å². The fraction of sp³-hybridized carbons (Fsp3) is 0.0811. The summed E-state index contributed by atoms with van der Waals surface area (Å²) in [5.74, 6) is 2.42. The second-order valence-corrected chi connectivity index (χ2v) is 12.2. The molecule has 1 aliphatic rings. The maximum Gasteiger partial charge on any atom is 0.137 e. The molecule has 3 aromatic heterocycles. The van der Waals surface area contributed by atoms with Crippen molar-refractivity contribution in [3.63, 3.8) is 0 Å². The highest BCUT2D eigenvalue weighted by Crippen LogP contribution is 2.53. The lowest BCUT2D eigenvalue weighted by Crippen LogP contribution is -2.23. The Morgan fingerprint density at radius 2 is 1.48 bits per heavy atom. The van der Waals surface area contributed by atoms with Gasteiger partial charge in [0.25, 0.3) is 0 Å². The quantitative estimate of drug-likeness (QED) is 0.214. The van der Waals surface area contributed by atoms with E-state index in [0.29, 0.717) is 0 Å². The first kappa shape index (κ1) is 24.9. The zero-order chi connectivity index (χ0) is 28.3. The molecule has 0 saturated carbocycles. The molecule has 0 unspecified atom stereocenters. The highest BCUT2D eigenvalue weighted by molar-refractivity contribution is 7.99. The molecule has 202 valence electrons. The topological polar surface area (TPSA) is 39.9 Å². The molecule has 0 radical (unpaired) electrons. The van der Waals surface area contributed by atoms with Gasteiger partial charge in [-0.1, -0.05) is 74.1 Å². The molecule has 0 spiro atoms. The summed E-state index contributed by atoms with van der Waals surface area (Å²) in [6.45, 7) is 4.67. The van der Waals surface area contributed by atoms with E-state index in [4.69, 9.17) is 9.72 Å². The van der Waals surface area contributed by atoms with E-state index in [9.17, 15) is 0 Å². The first-order valence-electron chi connectivity index (χ1n) is 14.1. The second kappa shape index (κ2) is 9.61. The number of hydrogen-bond acceptors (Lipinski definition) is 4. The summed E-state index contributed by atoms with van der Waals surface area (Å²) in [5, 5.41) is 2.44. The van der Waals surface area contributed by atoms with E-state index >= 15 is 0 Å². The summed E-state index contributed by atoms with van der Waals surface area (Å²) >= 11 is 1.87. The Morgan fingerprint density at radius 1 is 0.667 bits per heavy atom. The summed E-state index contributed by atoms with van der Waals surface area (Å²) in [4.78, 5) is 11.9. The third-order valence-corrected chi connectivity index (χ3v) is 9.41. The smallest absolute Gasteiger partial charge is 0.137 e. The molecule has 0 bridgehead atoms. The minimum absolute atomic E-state index is 0.105. The van der Waals surface area contributed by atoms with E-state index < -0.39 is 0 Å². The number of aromatic nitrogens is 3. The largest absolute Gasteiger partial charge is 0.457 e. The predicted molar refractivity (Wildman–Crippen MR) is 171 cm³/mol. The lowest BCUT2D eigenvalue weighted by atomic mass is 9.77. The number of ether oxygens (including phenoxy) is 1. The standard InChI is InChI=1S/C37H27N3OS/c1-37(2)28-12-3-4-14-33(28)42-36-29(37)18-19-31-35(36)27-17-16-26(23-32(27)40(31)34-15-6-8-21-39-34)41-25-11-9-10-24(22-25)30-13-5-7-20-38-30/h3-23H,1-2H3. The third-order valence-electron chi connectivity index (χ3n) is 8.21. The Hall–Kier alpha value is -4.87. The van der Waals surface area contributed by atoms with Crippen molar-refractivity contribution < 1.29 is 4.74 Å². The summed E-state index contributed by atoms with van der Waals surface area (Å²) < 4.78 is 8.72. The van der Waals surface area contributed by atoms with E-state index in [0.717, 1.165) is 39.6 Å². The van der Waals surface area contributed by atoms with Crippen molar-refractivity contribution in [2.24, 2.45) is 0 Å². The number of hydrogen-bond donors (Lipinski definition) is 0. The molecule has 0 saturated heterocycles. The molecular weight excluding hydrogens is 534 g/mol. The van der Waals surface area contributed by atoms with E-state index in [-0.39, 0.29) is 5.41 Å². The Kier molecular flexibility index (Phi) is 5.69. The maximum absolute atomic E-state index is 6.46. The van der Waals surface area contributed by atoms with Crippen LogP contribution in [0.4, 0.5) is 0 Å². The fourth-order valence-electron chi connectivity index (χ4n) is 6.17. The van der Waals surface area contributed by atoms with E-state index in [1.807, 2.05) is 72.7 Å². The van der Waals surface area contributed by atoms with E-state index in [2.05, 4.69) is 90.1 Å². The van der Waals surface area contributed by atoms with Crippen molar-refractivity contribution in [3.05, 3.63) is 139 Å². The molecule has 0 atom stereocenters. The summed E-state index contributed by atoms with van der Waals surface area (Å²) in [7, 11) is 0. The van der Waals surface area contributed by atoms with Crippen LogP contribution in [0, 0.1) is 0 Å². The molecule has 4 nitrogen and oxygen atoms in total. The van der Waals surface area contributed by atoms with Gasteiger partial charge in [-0.05, 0) is 71.8 Å². The Labute approximate surface area is 248 Å². The van der Waals surface area contributed by atoms with Gasteiger partial charge in [0.15, 0.2) is 0 Å². The summed E-state index contributed by atoms with van der Waals surface area (Å²) in [6, 6.07) is 39.8. The highest BCUT2D eigenvalue weighted by atomic mass is 32.2. The van der Waals surface area contributed by atoms with Crippen molar-refractivity contribution in [1.82, 2.24) is 14.5 Å². The van der Waals surface area contributed by atoms with Crippen LogP contribution in [0.25, 0.3) is 38.9 Å². The molecule has 1 aliphatic heterocycles. The normalized spacial score (nSPS) is 13.6. The van der Waals surface area contributed by atoms with Gasteiger partial charge in [-0.2, -0.15) is 0 Å². The van der Waals surface area contributed by atoms with Crippen LogP contribution in [0.1, 0.15) is 25.0 Å². The molecule has 0 aliphatic carbocycles. The molecule has 4 aromatic carbocycles. The Morgan fingerprint density at radius 3 is 2.31 bits per heavy atom. The van der Waals surface area contributed by atoms with Crippen LogP contribution < -0.4 is 4.74 Å². The zero-order valence-electron chi connectivity index (χ0n) is 23.3. The maximum atomic E-state index is 6.46. The van der Waals surface area contributed by atoms with Crippen LogP contribution in [-0.2, 0) is 5.41 Å². The lowest BCUT2D eigenvalue weighted by Gasteiger charge is -2.35. The number of nitrogens with zero attached hydrogens (tertiary/aromatic N) is 3. The van der Waals surface area contributed by atoms with Gasteiger partial charge in [-0.3, -0.25) is 9.55 Å². The monoisotopic (exact) mass is 561 g/mol. The molecule has 5 heteroatoms. The minimum atomic E-state index is -0.105. The first-order valence-corrected chi connectivity index (χ1v) is 14.9. The zero-order valence-corrected chi connectivity index (χ0v) is 24.1. The third kappa shape index (κ3) is 3.92. The molecule has 0 fully saturated rings. The van der Waals surface area contributed by atoms with Crippen molar-refractivity contribution >= 4 is 33.6 Å². The Balaban J connectivity index is 1.32. The van der Waals surface area contributed by atoms with Crippen LogP contribution in [0.5, 0.6) is 11.5 Å².